The summed E-state index contributed by atoms with van der Waals surface area (Å²) in [6.07, 6.45) is 0. The van der Waals surface area contributed by atoms with Crippen LogP contribution < -0.4 is 0 Å². The van der Waals surface area contributed by atoms with E-state index in [1.54, 1.807) is 0 Å². The molecule has 0 radical (unpaired) electrons. The first kappa shape index (κ1) is 31.9. The zero-order valence-electron chi connectivity index (χ0n) is 30.3. The van der Waals surface area contributed by atoms with E-state index in [0.717, 1.165) is 44.7 Å². The Hall–Kier alpha value is -7.63. The molecule has 0 amide bonds. The van der Waals surface area contributed by atoms with Crippen molar-refractivity contribution < 1.29 is 0 Å². The van der Waals surface area contributed by atoms with Gasteiger partial charge in [0, 0.05) is 49.6 Å². The lowest BCUT2D eigenvalue weighted by Gasteiger charge is -2.12. The average Bonchev–Trinajstić information content (AvgIpc) is 3.78. The highest BCUT2D eigenvalue weighted by atomic mass is 15.0. The number of hydrogen-bond donors (Lipinski definition) is 0. The molecule has 0 fully saturated rings. The van der Waals surface area contributed by atoms with Gasteiger partial charge in [-0.25, -0.2) is 15.0 Å². The Morgan fingerprint density at radius 3 is 1.12 bits per heavy atom. The van der Waals surface area contributed by atoms with E-state index in [1.165, 1.54) is 38.1 Å². The molecule has 8 aromatic carbocycles. The third-order valence-electron chi connectivity index (χ3n) is 10.8. The van der Waals surface area contributed by atoms with Gasteiger partial charge in [0.25, 0.3) is 0 Å². The minimum absolute atomic E-state index is 0.629. The van der Waals surface area contributed by atoms with Gasteiger partial charge in [-0.05, 0) is 71.8 Å². The Bertz CT molecular complexity index is 3200. The molecule has 11 rings (SSSR count). The van der Waals surface area contributed by atoms with Crippen molar-refractivity contribution in [3.05, 3.63) is 200 Å². The maximum atomic E-state index is 5.06. The van der Waals surface area contributed by atoms with Crippen LogP contribution in [0, 0.1) is 0 Å². The summed E-state index contributed by atoms with van der Waals surface area (Å²) < 4.78 is 4.76. The van der Waals surface area contributed by atoms with Crippen LogP contribution >= 0.6 is 0 Å². The van der Waals surface area contributed by atoms with Gasteiger partial charge in [-0.3, -0.25) is 0 Å². The van der Waals surface area contributed by atoms with Gasteiger partial charge in [0.1, 0.15) is 0 Å². The second kappa shape index (κ2) is 13.0. The molecule has 3 heterocycles. The number of nitrogens with zero attached hydrogens (tertiary/aromatic N) is 5. The molecule has 11 aromatic rings. The minimum atomic E-state index is 0.629. The van der Waals surface area contributed by atoms with Crippen LogP contribution in [0.4, 0.5) is 0 Å². The van der Waals surface area contributed by atoms with Crippen LogP contribution in [0.1, 0.15) is 0 Å². The fourth-order valence-electron chi connectivity index (χ4n) is 8.12. The monoisotopic (exact) mass is 715 g/mol. The smallest absolute Gasteiger partial charge is 0.164 e. The first-order chi connectivity index (χ1) is 27.8. The number of hydrogen-bond acceptors (Lipinski definition) is 3. The number of fused-ring (bicyclic) bond motifs is 6. The van der Waals surface area contributed by atoms with E-state index >= 15 is 0 Å². The molecule has 0 spiro atoms. The second-order valence-electron chi connectivity index (χ2n) is 14.1. The van der Waals surface area contributed by atoms with Crippen LogP contribution in [0.15, 0.2) is 200 Å². The molecule has 3 aromatic heterocycles. The SMILES string of the molecule is c1ccc(-c2ccc(-c3nc(-c4ccccc4)nc(-c4ccc(-n5c6ccccc6c6cc7c8ccccc8n(-c8ccccc8)c7cc65)cc4)n3)cc2)cc1. The highest BCUT2D eigenvalue weighted by molar-refractivity contribution is 6.19. The van der Waals surface area contributed by atoms with E-state index in [0.29, 0.717) is 17.5 Å². The predicted octanol–water partition coefficient (Wildman–Crippen LogP) is 12.7. The van der Waals surface area contributed by atoms with Crippen LogP contribution in [0.3, 0.4) is 0 Å². The third kappa shape index (κ3) is 5.29. The summed E-state index contributed by atoms with van der Waals surface area (Å²) in [6.45, 7) is 0. The van der Waals surface area contributed by atoms with Gasteiger partial charge in [-0.1, -0.05) is 140 Å². The average molecular weight is 716 g/mol. The zero-order chi connectivity index (χ0) is 37.0. The standard InChI is InChI=1S/C51H33N5/c1-4-14-34(15-5-1)35-24-26-37(27-25-35)50-52-49(36-16-6-2-7-17-36)53-51(54-50)38-28-30-40(31-29-38)56-46-23-13-11-21-42(46)44-32-43-41-20-10-12-22-45(41)55(47(43)33-48(44)56)39-18-8-3-9-19-39/h1-33H. The molecule has 0 unspecified atom stereocenters. The molecule has 56 heavy (non-hydrogen) atoms. The molecule has 0 saturated heterocycles. The van der Waals surface area contributed by atoms with Gasteiger partial charge in [0.2, 0.25) is 0 Å². The first-order valence-electron chi connectivity index (χ1n) is 18.9. The summed E-state index contributed by atoms with van der Waals surface area (Å²) in [5.74, 6) is 1.91. The minimum Gasteiger partial charge on any atom is -0.309 e. The molecule has 262 valence electrons. The molecule has 0 N–H and O–H groups in total. The highest BCUT2D eigenvalue weighted by Crippen LogP contribution is 2.40. The molecule has 5 heteroatoms. The van der Waals surface area contributed by atoms with Crippen molar-refractivity contribution in [2.24, 2.45) is 0 Å². The van der Waals surface area contributed by atoms with Crippen molar-refractivity contribution >= 4 is 43.6 Å². The van der Waals surface area contributed by atoms with Crippen molar-refractivity contribution in [1.29, 1.82) is 0 Å². The Balaban J connectivity index is 1.06. The fraction of sp³-hybridized carbons (Fsp3) is 0. The largest absolute Gasteiger partial charge is 0.309 e. The van der Waals surface area contributed by atoms with Crippen LogP contribution in [0.5, 0.6) is 0 Å². The Labute approximate surface area is 323 Å². The summed E-state index contributed by atoms with van der Waals surface area (Å²) in [5.41, 5.74) is 12.0. The van der Waals surface area contributed by atoms with Crippen molar-refractivity contribution in [3.8, 4) is 56.7 Å². The van der Waals surface area contributed by atoms with Gasteiger partial charge in [-0.2, -0.15) is 0 Å². The van der Waals surface area contributed by atoms with Gasteiger partial charge >= 0.3 is 0 Å². The maximum Gasteiger partial charge on any atom is 0.164 e. The maximum absolute atomic E-state index is 5.06. The molecule has 0 aliphatic rings. The first-order valence-corrected chi connectivity index (χ1v) is 18.9. The quantitative estimate of drug-likeness (QED) is 0.172. The Morgan fingerprint density at radius 2 is 0.607 bits per heavy atom. The summed E-state index contributed by atoms with van der Waals surface area (Å²) in [7, 11) is 0. The molecular weight excluding hydrogens is 683 g/mol. The summed E-state index contributed by atoms with van der Waals surface area (Å²) >= 11 is 0. The van der Waals surface area contributed by atoms with Crippen LogP contribution in [0.25, 0.3) is 100 Å². The molecule has 5 nitrogen and oxygen atoms in total. The van der Waals surface area contributed by atoms with E-state index in [9.17, 15) is 0 Å². The number of benzene rings is 8. The van der Waals surface area contributed by atoms with E-state index in [-0.39, 0.29) is 0 Å². The third-order valence-corrected chi connectivity index (χ3v) is 10.8. The topological polar surface area (TPSA) is 48.5 Å². The van der Waals surface area contributed by atoms with Crippen molar-refractivity contribution in [1.82, 2.24) is 24.1 Å². The summed E-state index contributed by atoms with van der Waals surface area (Å²) in [6, 6.07) is 70.4. The van der Waals surface area contributed by atoms with E-state index in [1.807, 2.05) is 36.4 Å². The van der Waals surface area contributed by atoms with Crippen LogP contribution in [-0.2, 0) is 0 Å². The summed E-state index contributed by atoms with van der Waals surface area (Å²) in [4.78, 5) is 15.0. The number of rotatable bonds is 6. The Kier molecular flexibility index (Phi) is 7.42. The van der Waals surface area contributed by atoms with Crippen molar-refractivity contribution in [3.63, 3.8) is 0 Å². The molecule has 0 bridgehead atoms. The van der Waals surface area contributed by atoms with E-state index < -0.39 is 0 Å². The van der Waals surface area contributed by atoms with Gasteiger partial charge in [-0.15, -0.1) is 0 Å². The lowest BCUT2D eigenvalue weighted by atomic mass is 10.0. The molecular formula is C51H33N5. The fourth-order valence-corrected chi connectivity index (χ4v) is 8.12. The van der Waals surface area contributed by atoms with Gasteiger partial charge in [0.15, 0.2) is 17.5 Å². The zero-order valence-corrected chi connectivity index (χ0v) is 30.3. The summed E-state index contributed by atoms with van der Waals surface area (Å²) in [5, 5.41) is 4.93. The second-order valence-corrected chi connectivity index (χ2v) is 14.1. The van der Waals surface area contributed by atoms with E-state index in [2.05, 4.69) is 173 Å². The molecule has 0 aliphatic heterocycles. The van der Waals surface area contributed by atoms with Gasteiger partial charge in [0.05, 0.1) is 22.1 Å². The Morgan fingerprint density at radius 1 is 0.250 bits per heavy atom. The number of para-hydroxylation sites is 3. The molecule has 0 aliphatic carbocycles. The lowest BCUT2D eigenvalue weighted by Crippen LogP contribution is -2.00. The lowest BCUT2D eigenvalue weighted by molar-refractivity contribution is 1.07. The number of aromatic nitrogens is 5. The van der Waals surface area contributed by atoms with Gasteiger partial charge < -0.3 is 9.13 Å². The van der Waals surface area contributed by atoms with Crippen LogP contribution in [0.2, 0.25) is 0 Å². The van der Waals surface area contributed by atoms with Crippen LogP contribution in [-0.4, -0.2) is 24.1 Å². The van der Waals surface area contributed by atoms with Crippen molar-refractivity contribution in [2.75, 3.05) is 0 Å². The highest BCUT2D eigenvalue weighted by Gasteiger charge is 2.19. The van der Waals surface area contributed by atoms with Crippen molar-refractivity contribution in [2.45, 2.75) is 0 Å². The van der Waals surface area contributed by atoms with E-state index in [4.69, 9.17) is 15.0 Å². The normalized spacial score (nSPS) is 11.6. The molecule has 0 saturated carbocycles. The predicted molar refractivity (Wildman–Crippen MR) is 230 cm³/mol. The molecule has 0 atom stereocenters.